The summed E-state index contributed by atoms with van der Waals surface area (Å²) in [4.78, 5) is 51.1. The molecular formula is C30H32Cl2N6O5. The third kappa shape index (κ3) is 7.36. The van der Waals surface area contributed by atoms with Crippen LogP contribution in [0.15, 0.2) is 49.3 Å². The number of phenolic OH excluding ortho intramolecular Hbond substituents is 1. The van der Waals surface area contributed by atoms with Crippen molar-refractivity contribution in [3.63, 3.8) is 0 Å². The van der Waals surface area contributed by atoms with Gasteiger partial charge in [-0.25, -0.2) is 9.97 Å². The molecule has 1 aliphatic rings. The Balaban J connectivity index is 1.54. The van der Waals surface area contributed by atoms with E-state index in [0.29, 0.717) is 49.8 Å². The molecule has 43 heavy (non-hydrogen) atoms. The van der Waals surface area contributed by atoms with Crippen LogP contribution in [0.1, 0.15) is 23.7 Å². The molecule has 3 amide bonds. The van der Waals surface area contributed by atoms with Gasteiger partial charge in [-0.3, -0.25) is 19.3 Å². The second kappa shape index (κ2) is 13.7. The average Bonchev–Trinajstić information content (AvgIpc) is 3.01. The maximum Gasteiger partial charge on any atom is 0.247 e. The van der Waals surface area contributed by atoms with Crippen molar-refractivity contribution in [3.05, 3.63) is 76.2 Å². The molecule has 2 heterocycles. The van der Waals surface area contributed by atoms with E-state index in [4.69, 9.17) is 27.9 Å². The smallest absolute Gasteiger partial charge is 0.247 e. The van der Waals surface area contributed by atoms with Crippen molar-refractivity contribution in [2.75, 3.05) is 55.5 Å². The van der Waals surface area contributed by atoms with E-state index in [9.17, 15) is 19.5 Å². The lowest BCUT2D eigenvalue weighted by atomic mass is 10.0. The zero-order chi connectivity index (χ0) is 31.3. The van der Waals surface area contributed by atoms with E-state index in [-0.39, 0.29) is 51.3 Å². The highest BCUT2D eigenvalue weighted by Crippen LogP contribution is 2.40. The van der Waals surface area contributed by atoms with E-state index < -0.39 is 0 Å². The van der Waals surface area contributed by atoms with Gasteiger partial charge in [0.2, 0.25) is 17.7 Å². The van der Waals surface area contributed by atoms with Crippen molar-refractivity contribution in [2.45, 2.75) is 19.8 Å². The normalized spacial score (nSPS) is 13.0. The quantitative estimate of drug-likeness (QED) is 0.340. The van der Waals surface area contributed by atoms with Gasteiger partial charge in [0, 0.05) is 75.6 Å². The van der Waals surface area contributed by atoms with Crippen LogP contribution in [-0.2, 0) is 27.2 Å². The molecule has 2 N–H and O–H groups in total. The second-order valence-electron chi connectivity index (χ2n) is 9.91. The van der Waals surface area contributed by atoms with Crippen LogP contribution >= 0.6 is 23.2 Å². The fourth-order valence-electron chi connectivity index (χ4n) is 4.71. The van der Waals surface area contributed by atoms with Crippen LogP contribution in [0.2, 0.25) is 10.0 Å². The molecule has 1 fully saturated rings. The molecule has 0 radical (unpaired) electrons. The average molecular weight is 628 g/mol. The lowest BCUT2D eigenvalue weighted by Gasteiger charge is -2.36. The van der Waals surface area contributed by atoms with E-state index in [2.05, 4.69) is 26.8 Å². The number of halogens is 2. The number of aromatic nitrogens is 2. The monoisotopic (exact) mass is 626 g/mol. The number of hydrogen-bond donors (Lipinski definition) is 2. The number of aromatic hydroxyl groups is 1. The first-order valence-corrected chi connectivity index (χ1v) is 14.2. The number of methoxy groups -OCH3 is 1. The topological polar surface area (TPSA) is 128 Å². The molecule has 0 saturated carbocycles. The predicted octanol–water partition coefficient (Wildman–Crippen LogP) is 4.09. The molecule has 0 spiro atoms. The number of hydrogen-bond acceptors (Lipinski definition) is 8. The Kier molecular flexibility index (Phi) is 10.1. The van der Waals surface area contributed by atoms with Gasteiger partial charge in [-0.15, -0.1) is 0 Å². The van der Waals surface area contributed by atoms with Crippen LogP contribution in [0.25, 0.3) is 0 Å². The van der Waals surface area contributed by atoms with Gasteiger partial charge in [0.1, 0.15) is 23.6 Å². The SMILES string of the molecule is C=CC(=O)Nc1cc(N2CCN(C(C)=O)CC2)ccc1Cc1cc(N(C)C(=O)Cc2c(Cl)c(O)cc(OC)c2Cl)ncn1. The minimum Gasteiger partial charge on any atom is -0.506 e. The minimum absolute atomic E-state index is 0.0331. The van der Waals surface area contributed by atoms with Crippen molar-refractivity contribution < 1.29 is 24.2 Å². The van der Waals surface area contributed by atoms with Gasteiger partial charge in [0.15, 0.2) is 0 Å². The highest BCUT2D eigenvalue weighted by Gasteiger charge is 2.23. The summed E-state index contributed by atoms with van der Waals surface area (Å²) in [5, 5.41) is 13.1. The highest BCUT2D eigenvalue weighted by atomic mass is 35.5. The Hall–Kier alpha value is -4.35. The lowest BCUT2D eigenvalue weighted by molar-refractivity contribution is -0.129. The van der Waals surface area contributed by atoms with Gasteiger partial charge >= 0.3 is 0 Å². The number of carbonyl (C=O) groups is 3. The van der Waals surface area contributed by atoms with Gasteiger partial charge in [-0.1, -0.05) is 35.8 Å². The standard InChI is InChI=1S/C30H32Cl2N6O5/c1-5-27(41)35-23-14-21(38-10-8-37(9-11-38)18(2)39)7-6-19(23)12-20-13-26(34-17-33-20)36(3)28(42)15-22-29(31)24(40)16-25(43-4)30(22)32/h5-7,13-14,16-17,40H,1,8-12,15H2,2-4H3,(H,35,41). The number of nitrogens with zero attached hydrogens (tertiary/aromatic N) is 5. The summed E-state index contributed by atoms with van der Waals surface area (Å²) >= 11 is 12.6. The molecule has 1 aromatic heterocycles. The lowest BCUT2D eigenvalue weighted by Crippen LogP contribution is -2.48. The number of phenols is 1. The second-order valence-corrected chi connectivity index (χ2v) is 10.7. The molecule has 0 bridgehead atoms. The number of carbonyl (C=O) groups excluding carboxylic acids is 3. The summed E-state index contributed by atoms with van der Waals surface area (Å²) in [5.74, 6) is -0.393. The number of anilines is 3. The summed E-state index contributed by atoms with van der Waals surface area (Å²) in [6.45, 7) is 7.72. The van der Waals surface area contributed by atoms with Gasteiger partial charge in [-0.2, -0.15) is 0 Å². The highest BCUT2D eigenvalue weighted by molar-refractivity contribution is 6.38. The number of ether oxygens (including phenoxy) is 1. The Bertz CT molecular complexity index is 1560. The number of rotatable bonds is 9. The van der Waals surface area contributed by atoms with Gasteiger partial charge in [-0.05, 0) is 23.8 Å². The fourth-order valence-corrected chi connectivity index (χ4v) is 5.27. The van der Waals surface area contributed by atoms with E-state index in [1.54, 1.807) is 20.0 Å². The van der Waals surface area contributed by atoms with Crippen molar-refractivity contribution in [3.8, 4) is 11.5 Å². The van der Waals surface area contributed by atoms with Crippen LogP contribution in [0.5, 0.6) is 11.5 Å². The van der Waals surface area contributed by atoms with E-state index in [1.165, 1.54) is 30.5 Å². The summed E-state index contributed by atoms with van der Waals surface area (Å²) in [6, 6.07) is 8.75. The molecule has 13 heteroatoms. The van der Waals surface area contributed by atoms with Gasteiger partial charge < -0.3 is 25.0 Å². The molecule has 0 aliphatic carbocycles. The van der Waals surface area contributed by atoms with Crippen molar-refractivity contribution in [1.82, 2.24) is 14.9 Å². The fraction of sp³-hybridized carbons (Fsp3) is 0.300. The van der Waals surface area contributed by atoms with Crippen LogP contribution in [0.3, 0.4) is 0 Å². The van der Waals surface area contributed by atoms with Crippen LogP contribution in [0.4, 0.5) is 17.2 Å². The Morgan fingerprint density at radius 2 is 1.84 bits per heavy atom. The first-order valence-electron chi connectivity index (χ1n) is 13.4. The summed E-state index contributed by atoms with van der Waals surface area (Å²) < 4.78 is 5.17. The Labute approximate surface area is 259 Å². The summed E-state index contributed by atoms with van der Waals surface area (Å²) in [6.07, 6.45) is 2.69. The molecule has 0 atom stereocenters. The van der Waals surface area contributed by atoms with Crippen molar-refractivity contribution >= 4 is 58.1 Å². The number of benzene rings is 2. The molecule has 226 valence electrons. The van der Waals surface area contributed by atoms with Gasteiger partial charge in [0.25, 0.3) is 0 Å². The summed E-state index contributed by atoms with van der Waals surface area (Å²) in [5.41, 5.74) is 3.16. The third-order valence-corrected chi connectivity index (χ3v) is 8.05. The first kappa shape index (κ1) is 31.6. The van der Waals surface area contributed by atoms with Crippen LogP contribution in [-0.4, -0.2) is 78.0 Å². The largest absolute Gasteiger partial charge is 0.506 e. The molecule has 3 aromatic rings. The molecule has 11 nitrogen and oxygen atoms in total. The van der Waals surface area contributed by atoms with E-state index in [1.807, 2.05) is 23.1 Å². The Morgan fingerprint density at radius 1 is 1.12 bits per heavy atom. The van der Waals surface area contributed by atoms with Crippen molar-refractivity contribution in [1.29, 1.82) is 0 Å². The van der Waals surface area contributed by atoms with Gasteiger partial charge in [0.05, 0.1) is 29.3 Å². The molecule has 4 rings (SSSR count). The minimum atomic E-state index is -0.380. The van der Waals surface area contributed by atoms with E-state index >= 15 is 0 Å². The van der Waals surface area contributed by atoms with Crippen molar-refractivity contribution in [2.24, 2.45) is 0 Å². The van der Waals surface area contributed by atoms with Crippen LogP contribution < -0.4 is 19.9 Å². The number of likely N-dealkylation sites (N-methyl/N-ethyl adjacent to an activating group) is 1. The molecule has 1 aliphatic heterocycles. The van der Waals surface area contributed by atoms with Crippen LogP contribution in [0, 0.1) is 0 Å². The summed E-state index contributed by atoms with van der Waals surface area (Å²) in [7, 11) is 2.96. The maximum atomic E-state index is 13.2. The zero-order valence-electron chi connectivity index (χ0n) is 24.1. The molecular weight excluding hydrogens is 595 g/mol. The first-order chi connectivity index (χ1) is 20.5. The number of nitrogens with one attached hydrogen (secondary N) is 1. The Morgan fingerprint density at radius 3 is 2.49 bits per heavy atom. The molecule has 0 unspecified atom stereocenters. The molecule has 2 aromatic carbocycles. The molecule has 1 saturated heterocycles. The maximum absolute atomic E-state index is 13.2. The third-order valence-electron chi connectivity index (χ3n) is 7.21. The van der Waals surface area contributed by atoms with E-state index in [0.717, 1.165) is 11.3 Å². The predicted molar refractivity (Wildman–Crippen MR) is 166 cm³/mol. The zero-order valence-corrected chi connectivity index (χ0v) is 25.6. The number of piperazine rings is 1. The number of amides is 3.